The molecule has 0 fully saturated rings. The van der Waals surface area contributed by atoms with E-state index in [0.717, 1.165) is 0 Å². The highest BCUT2D eigenvalue weighted by atomic mass is 28.2. The normalized spacial score (nSPS) is 11.3. The maximum atomic E-state index is 2.33. The fraction of sp³-hybridized carbons (Fsp3) is 0.333. The van der Waals surface area contributed by atoms with Crippen LogP contribution in [0.5, 0.6) is 0 Å². The van der Waals surface area contributed by atoms with Crippen molar-refractivity contribution in [3.05, 3.63) is 59.7 Å². The average molecular weight is 268 g/mol. The van der Waals surface area contributed by atoms with Crippen LogP contribution in [0.1, 0.15) is 50.7 Å². The summed E-state index contributed by atoms with van der Waals surface area (Å²) in [7, 11) is -0.378. The molecule has 0 radical (unpaired) electrons. The van der Waals surface area contributed by atoms with Crippen molar-refractivity contribution in [2.45, 2.75) is 39.5 Å². The summed E-state index contributed by atoms with van der Waals surface area (Å²) in [5.74, 6) is 1.24. The van der Waals surface area contributed by atoms with Crippen molar-refractivity contribution in [2.24, 2.45) is 0 Å². The van der Waals surface area contributed by atoms with E-state index in [9.17, 15) is 0 Å². The molecule has 0 aliphatic carbocycles. The van der Waals surface area contributed by atoms with Gasteiger partial charge >= 0.3 is 0 Å². The van der Waals surface area contributed by atoms with Gasteiger partial charge in [0.15, 0.2) is 0 Å². The minimum absolute atomic E-state index is 0.378. The Bertz CT molecular complexity index is 491. The Labute approximate surface area is 119 Å². The number of rotatable bonds is 4. The summed E-state index contributed by atoms with van der Waals surface area (Å²) < 4.78 is 0. The molecule has 1 heteroatoms. The highest BCUT2D eigenvalue weighted by Crippen LogP contribution is 2.13. The molecule has 0 atom stereocenters. The van der Waals surface area contributed by atoms with Crippen molar-refractivity contribution in [3.63, 3.8) is 0 Å². The molecule has 0 heterocycles. The molecule has 0 saturated heterocycles. The van der Waals surface area contributed by atoms with Crippen molar-refractivity contribution in [3.8, 4) is 0 Å². The molecule has 0 nitrogen and oxygen atoms in total. The molecule has 2 aromatic carbocycles. The smallest absolute Gasteiger partial charge is 0.0630 e. The van der Waals surface area contributed by atoms with E-state index < -0.39 is 0 Å². The topological polar surface area (TPSA) is 0 Å². The Morgan fingerprint density at radius 1 is 0.632 bits per heavy atom. The van der Waals surface area contributed by atoms with Gasteiger partial charge in [0.1, 0.15) is 0 Å². The molecule has 0 bridgehead atoms. The molecule has 0 spiro atoms. The van der Waals surface area contributed by atoms with E-state index >= 15 is 0 Å². The maximum absolute atomic E-state index is 2.33. The van der Waals surface area contributed by atoms with Gasteiger partial charge in [-0.25, -0.2) is 0 Å². The predicted molar refractivity (Wildman–Crippen MR) is 88.9 cm³/mol. The van der Waals surface area contributed by atoms with Crippen molar-refractivity contribution in [2.75, 3.05) is 0 Å². The lowest BCUT2D eigenvalue weighted by atomic mass is 10.0. The van der Waals surface area contributed by atoms with Crippen molar-refractivity contribution < 1.29 is 0 Å². The number of hydrogen-bond donors (Lipinski definition) is 0. The van der Waals surface area contributed by atoms with E-state index in [0.29, 0.717) is 11.8 Å². The van der Waals surface area contributed by atoms with Crippen LogP contribution in [0.3, 0.4) is 0 Å². The Morgan fingerprint density at radius 3 is 1.37 bits per heavy atom. The average Bonchev–Trinajstić information content (AvgIpc) is 2.39. The second kappa shape index (κ2) is 6.20. The zero-order valence-corrected chi connectivity index (χ0v) is 13.9. The third-order valence-corrected chi connectivity index (χ3v) is 5.78. The molecule has 2 rings (SSSR count). The van der Waals surface area contributed by atoms with Crippen molar-refractivity contribution in [1.82, 2.24) is 0 Å². The number of benzene rings is 2. The fourth-order valence-corrected chi connectivity index (χ4v) is 5.10. The van der Waals surface area contributed by atoms with Crippen LogP contribution in [0.15, 0.2) is 48.5 Å². The van der Waals surface area contributed by atoms with Gasteiger partial charge in [-0.2, -0.15) is 0 Å². The van der Waals surface area contributed by atoms with Gasteiger partial charge in [0, 0.05) is 0 Å². The van der Waals surface area contributed by atoms with E-state index in [-0.39, 0.29) is 9.52 Å². The Morgan fingerprint density at radius 2 is 1.00 bits per heavy atom. The van der Waals surface area contributed by atoms with Gasteiger partial charge in [-0.15, -0.1) is 0 Å². The SMILES string of the molecule is CC(C)c1ccccc1[SiH2]c1ccccc1C(C)C. The monoisotopic (exact) mass is 268 g/mol. The lowest BCUT2D eigenvalue weighted by Crippen LogP contribution is -2.32. The van der Waals surface area contributed by atoms with E-state index in [1.165, 1.54) is 11.1 Å². The summed E-state index contributed by atoms with van der Waals surface area (Å²) in [6, 6.07) is 18.0. The Balaban J connectivity index is 2.37. The molecule has 19 heavy (non-hydrogen) atoms. The van der Waals surface area contributed by atoms with Gasteiger partial charge in [-0.05, 0) is 23.0 Å². The van der Waals surface area contributed by atoms with Gasteiger partial charge in [0.2, 0.25) is 0 Å². The minimum Gasteiger partial charge on any atom is -0.0630 e. The first-order chi connectivity index (χ1) is 9.09. The summed E-state index contributed by atoms with van der Waals surface area (Å²) in [4.78, 5) is 0. The van der Waals surface area contributed by atoms with E-state index in [1.807, 2.05) is 0 Å². The highest BCUT2D eigenvalue weighted by Gasteiger charge is 2.10. The lowest BCUT2D eigenvalue weighted by Gasteiger charge is -2.16. The summed E-state index contributed by atoms with van der Waals surface area (Å²) in [6.07, 6.45) is 0. The molecule has 0 unspecified atom stereocenters. The standard InChI is InChI=1S/C18H24Si/c1-13(2)15-9-5-7-11-17(15)19-18-12-8-6-10-16(18)14(3)4/h5-14H,19H2,1-4H3. The Kier molecular flexibility index (Phi) is 4.59. The molecule has 2 aromatic rings. The van der Waals surface area contributed by atoms with E-state index in [4.69, 9.17) is 0 Å². The van der Waals surface area contributed by atoms with Crippen LogP contribution in [-0.4, -0.2) is 9.52 Å². The van der Waals surface area contributed by atoms with Gasteiger partial charge in [0.25, 0.3) is 0 Å². The molecule has 0 saturated carbocycles. The first kappa shape index (κ1) is 14.1. The molecule has 0 aromatic heterocycles. The molecular formula is C18H24Si. The number of hydrogen-bond acceptors (Lipinski definition) is 0. The second-order valence-corrected chi connectivity index (χ2v) is 7.76. The van der Waals surface area contributed by atoms with E-state index in [1.54, 1.807) is 10.4 Å². The van der Waals surface area contributed by atoms with Crippen molar-refractivity contribution in [1.29, 1.82) is 0 Å². The van der Waals surface area contributed by atoms with Gasteiger partial charge in [-0.3, -0.25) is 0 Å². The van der Waals surface area contributed by atoms with Crippen LogP contribution in [0, 0.1) is 0 Å². The molecule has 0 aliphatic rings. The molecule has 0 amide bonds. The largest absolute Gasteiger partial charge is 0.0882 e. The first-order valence-electron chi connectivity index (χ1n) is 7.25. The quantitative estimate of drug-likeness (QED) is 0.748. The highest BCUT2D eigenvalue weighted by molar-refractivity contribution is 6.68. The van der Waals surface area contributed by atoms with Crippen LogP contribution in [0.2, 0.25) is 0 Å². The van der Waals surface area contributed by atoms with Crippen LogP contribution in [0.4, 0.5) is 0 Å². The third kappa shape index (κ3) is 3.36. The molecular weight excluding hydrogens is 244 g/mol. The lowest BCUT2D eigenvalue weighted by molar-refractivity contribution is 0.871. The van der Waals surface area contributed by atoms with Gasteiger partial charge in [0.05, 0.1) is 9.52 Å². The van der Waals surface area contributed by atoms with Crippen LogP contribution in [-0.2, 0) is 0 Å². The summed E-state index contributed by atoms with van der Waals surface area (Å²) >= 11 is 0. The predicted octanol–water partition coefficient (Wildman–Crippen LogP) is 3.05. The summed E-state index contributed by atoms with van der Waals surface area (Å²) in [5.41, 5.74) is 3.07. The maximum Gasteiger partial charge on any atom is 0.0882 e. The van der Waals surface area contributed by atoms with Crippen molar-refractivity contribution >= 4 is 19.9 Å². The van der Waals surface area contributed by atoms with Crippen LogP contribution in [0.25, 0.3) is 0 Å². The first-order valence-corrected chi connectivity index (χ1v) is 8.66. The third-order valence-electron chi connectivity index (χ3n) is 3.74. The second-order valence-electron chi connectivity index (χ2n) is 5.88. The van der Waals surface area contributed by atoms with Gasteiger partial charge < -0.3 is 0 Å². The zero-order chi connectivity index (χ0) is 13.8. The fourth-order valence-electron chi connectivity index (χ4n) is 2.72. The summed E-state index contributed by atoms with van der Waals surface area (Å²) in [6.45, 7) is 9.17. The molecule has 100 valence electrons. The minimum atomic E-state index is -0.378. The zero-order valence-electron chi connectivity index (χ0n) is 12.5. The van der Waals surface area contributed by atoms with E-state index in [2.05, 4.69) is 76.2 Å². The Hall–Kier alpha value is -1.34. The van der Waals surface area contributed by atoms with Gasteiger partial charge in [-0.1, -0.05) is 86.6 Å². The van der Waals surface area contributed by atoms with Crippen LogP contribution >= 0.6 is 0 Å². The summed E-state index contributed by atoms with van der Waals surface area (Å²) in [5, 5.41) is 3.20. The van der Waals surface area contributed by atoms with Crippen LogP contribution < -0.4 is 10.4 Å². The molecule has 0 N–H and O–H groups in total. The molecule has 0 aliphatic heterocycles.